The third kappa shape index (κ3) is 1.82. The van der Waals surface area contributed by atoms with Crippen LogP contribution in [0.3, 0.4) is 0 Å². The van der Waals surface area contributed by atoms with Crippen molar-refractivity contribution >= 4 is 0 Å². The molecule has 3 aromatic heterocycles. The fraction of sp³-hybridized carbons (Fsp3) is 0. The van der Waals surface area contributed by atoms with E-state index in [1.165, 1.54) is 4.68 Å². The van der Waals surface area contributed by atoms with Gasteiger partial charge in [-0.1, -0.05) is 0 Å². The van der Waals surface area contributed by atoms with E-state index in [-0.39, 0.29) is 5.75 Å². The molecule has 0 unspecified atom stereocenters. The summed E-state index contributed by atoms with van der Waals surface area (Å²) in [7, 11) is 0. The van der Waals surface area contributed by atoms with Crippen molar-refractivity contribution in [3.8, 4) is 22.8 Å². The summed E-state index contributed by atoms with van der Waals surface area (Å²) in [5, 5.41) is 14.1. The Kier molecular flexibility index (Phi) is 2.49. The third-order valence-corrected chi connectivity index (χ3v) is 2.53. The molecule has 0 aliphatic carbocycles. The smallest absolute Gasteiger partial charge is 0.195 e. The molecule has 88 valence electrons. The van der Waals surface area contributed by atoms with Gasteiger partial charge in [-0.15, -0.1) is 0 Å². The summed E-state index contributed by atoms with van der Waals surface area (Å²) in [5.41, 5.74) is 1.71. The number of pyridine rings is 2. The lowest BCUT2D eigenvalue weighted by molar-refractivity contribution is 0.467. The van der Waals surface area contributed by atoms with Crippen LogP contribution >= 0.6 is 0 Å². The molecule has 3 heterocycles. The Balaban J connectivity index is 2.03. The molecule has 0 spiro atoms. The second-order valence-electron chi connectivity index (χ2n) is 3.73. The molecule has 3 aromatic rings. The zero-order chi connectivity index (χ0) is 12.4. The molecule has 0 fully saturated rings. The third-order valence-electron chi connectivity index (χ3n) is 2.53. The maximum atomic E-state index is 9.71. The van der Waals surface area contributed by atoms with Gasteiger partial charge < -0.3 is 5.11 Å². The van der Waals surface area contributed by atoms with Crippen LogP contribution in [0.4, 0.5) is 0 Å². The van der Waals surface area contributed by atoms with E-state index in [1.807, 2.05) is 18.2 Å². The predicted molar refractivity (Wildman–Crippen MR) is 66.3 cm³/mol. The van der Waals surface area contributed by atoms with Crippen LogP contribution < -0.4 is 0 Å². The Morgan fingerprint density at radius 1 is 1.06 bits per heavy atom. The van der Waals surface area contributed by atoms with Crippen LogP contribution in [0, 0.1) is 0 Å². The van der Waals surface area contributed by atoms with Crippen LogP contribution in [0.2, 0.25) is 0 Å². The lowest BCUT2D eigenvalue weighted by atomic mass is 10.2. The summed E-state index contributed by atoms with van der Waals surface area (Å²) in [5.74, 6) is 0.506. The second-order valence-corrected chi connectivity index (χ2v) is 3.73. The van der Waals surface area contributed by atoms with E-state index in [0.717, 1.165) is 11.3 Å². The molecule has 0 saturated carbocycles. The van der Waals surface area contributed by atoms with Gasteiger partial charge in [-0.3, -0.25) is 4.98 Å². The van der Waals surface area contributed by atoms with Crippen LogP contribution in [0.15, 0.2) is 55.1 Å². The molecule has 0 radical (unpaired) electrons. The van der Waals surface area contributed by atoms with Crippen molar-refractivity contribution in [2.45, 2.75) is 0 Å². The number of aromatic hydroxyl groups is 1. The fourth-order valence-corrected chi connectivity index (χ4v) is 1.68. The van der Waals surface area contributed by atoms with Crippen molar-refractivity contribution < 1.29 is 5.11 Å². The minimum absolute atomic E-state index is 0.0957. The molecule has 0 aliphatic heterocycles. The highest BCUT2D eigenvalue weighted by Gasteiger charge is 2.07. The first-order valence-corrected chi connectivity index (χ1v) is 5.45. The van der Waals surface area contributed by atoms with Gasteiger partial charge in [-0.25, -0.2) is 9.67 Å². The molecule has 5 heteroatoms. The van der Waals surface area contributed by atoms with Gasteiger partial charge in [0.2, 0.25) is 0 Å². The van der Waals surface area contributed by atoms with Crippen LogP contribution in [-0.2, 0) is 0 Å². The Hall–Kier alpha value is -2.69. The topological polar surface area (TPSA) is 63.8 Å². The standard InChI is InChI=1S/C13H10N4O/c18-12-4-2-7-15-13(12)17-8-5-11(16-17)10-3-1-6-14-9-10/h1-9,18H. The predicted octanol–water partition coefficient (Wildman–Crippen LogP) is 2.03. The van der Waals surface area contributed by atoms with Crippen LogP contribution in [-0.4, -0.2) is 24.9 Å². The average Bonchev–Trinajstić information content (AvgIpc) is 2.90. The van der Waals surface area contributed by atoms with Crippen molar-refractivity contribution in [3.63, 3.8) is 0 Å². The van der Waals surface area contributed by atoms with Crippen LogP contribution in [0.5, 0.6) is 5.75 Å². The van der Waals surface area contributed by atoms with E-state index in [1.54, 1.807) is 36.9 Å². The highest BCUT2D eigenvalue weighted by molar-refractivity contribution is 5.57. The zero-order valence-corrected chi connectivity index (χ0v) is 9.43. The van der Waals surface area contributed by atoms with Crippen molar-refractivity contribution in [3.05, 3.63) is 55.1 Å². The number of nitrogens with zero attached hydrogens (tertiary/aromatic N) is 4. The minimum Gasteiger partial charge on any atom is -0.504 e. The van der Waals surface area contributed by atoms with Crippen LogP contribution in [0.25, 0.3) is 17.1 Å². The van der Waals surface area contributed by atoms with Gasteiger partial charge >= 0.3 is 0 Å². The molecule has 3 rings (SSSR count). The van der Waals surface area contributed by atoms with E-state index in [9.17, 15) is 5.11 Å². The molecule has 0 aromatic carbocycles. The van der Waals surface area contributed by atoms with Crippen LogP contribution in [0.1, 0.15) is 0 Å². The lowest BCUT2D eigenvalue weighted by Gasteiger charge is -2.01. The summed E-state index contributed by atoms with van der Waals surface area (Å²) in [6.07, 6.45) is 6.82. The molecule has 0 saturated heterocycles. The van der Waals surface area contributed by atoms with Crippen molar-refractivity contribution in [1.29, 1.82) is 0 Å². The monoisotopic (exact) mass is 238 g/mol. The normalized spacial score (nSPS) is 10.4. The van der Waals surface area contributed by atoms with Gasteiger partial charge in [0.15, 0.2) is 11.6 Å². The average molecular weight is 238 g/mol. The number of aromatic nitrogens is 4. The summed E-state index contributed by atoms with van der Waals surface area (Å²) in [6.45, 7) is 0. The van der Waals surface area contributed by atoms with E-state index < -0.39 is 0 Å². The van der Waals surface area contributed by atoms with Gasteiger partial charge in [-0.2, -0.15) is 5.10 Å². The van der Waals surface area contributed by atoms with E-state index in [2.05, 4.69) is 15.1 Å². The number of hydrogen-bond donors (Lipinski definition) is 1. The molecule has 0 amide bonds. The summed E-state index contributed by atoms with van der Waals surface area (Å²) < 4.78 is 1.54. The molecular formula is C13H10N4O. The number of hydrogen-bond acceptors (Lipinski definition) is 4. The van der Waals surface area contributed by atoms with E-state index in [4.69, 9.17) is 0 Å². The minimum atomic E-state index is 0.0957. The Labute approximate surface area is 103 Å². The van der Waals surface area contributed by atoms with Gasteiger partial charge in [0, 0.05) is 30.4 Å². The quantitative estimate of drug-likeness (QED) is 0.742. The van der Waals surface area contributed by atoms with Crippen molar-refractivity contribution in [2.75, 3.05) is 0 Å². The highest BCUT2D eigenvalue weighted by Crippen LogP contribution is 2.20. The lowest BCUT2D eigenvalue weighted by Crippen LogP contribution is -1.98. The molecule has 18 heavy (non-hydrogen) atoms. The SMILES string of the molecule is Oc1cccnc1-n1ccc(-c2cccnc2)n1. The fourth-order valence-electron chi connectivity index (χ4n) is 1.68. The molecule has 0 bridgehead atoms. The summed E-state index contributed by atoms with van der Waals surface area (Å²) in [6, 6.07) is 8.88. The first-order valence-electron chi connectivity index (χ1n) is 5.45. The second kappa shape index (κ2) is 4.29. The van der Waals surface area contributed by atoms with E-state index in [0.29, 0.717) is 5.82 Å². The first kappa shape index (κ1) is 10.5. The van der Waals surface area contributed by atoms with Gasteiger partial charge in [0.25, 0.3) is 0 Å². The molecule has 5 nitrogen and oxygen atoms in total. The van der Waals surface area contributed by atoms with Gasteiger partial charge in [0.1, 0.15) is 0 Å². The maximum absolute atomic E-state index is 9.71. The van der Waals surface area contributed by atoms with Gasteiger partial charge in [0.05, 0.1) is 5.69 Å². The molecule has 0 atom stereocenters. The zero-order valence-electron chi connectivity index (χ0n) is 9.43. The van der Waals surface area contributed by atoms with Crippen molar-refractivity contribution in [1.82, 2.24) is 19.7 Å². The Morgan fingerprint density at radius 2 is 1.94 bits per heavy atom. The van der Waals surface area contributed by atoms with Crippen molar-refractivity contribution in [2.24, 2.45) is 0 Å². The maximum Gasteiger partial charge on any atom is 0.195 e. The Bertz CT molecular complexity index is 664. The summed E-state index contributed by atoms with van der Waals surface area (Å²) in [4.78, 5) is 8.14. The molecule has 1 N–H and O–H groups in total. The summed E-state index contributed by atoms with van der Waals surface area (Å²) >= 11 is 0. The Morgan fingerprint density at radius 3 is 2.72 bits per heavy atom. The number of rotatable bonds is 2. The van der Waals surface area contributed by atoms with Gasteiger partial charge in [-0.05, 0) is 30.3 Å². The largest absolute Gasteiger partial charge is 0.504 e. The van der Waals surface area contributed by atoms with E-state index >= 15 is 0 Å². The molecule has 0 aliphatic rings. The first-order chi connectivity index (χ1) is 8.84. The highest BCUT2D eigenvalue weighted by atomic mass is 16.3. The molecular weight excluding hydrogens is 228 g/mol.